The molecule has 0 bridgehead atoms. The number of amides is 1. The Balaban J connectivity index is 1.75. The summed E-state index contributed by atoms with van der Waals surface area (Å²) in [7, 11) is 0. The molecule has 23 heavy (non-hydrogen) atoms. The van der Waals surface area contributed by atoms with Crippen molar-refractivity contribution in [2.75, 3.05) is 0 Å². The third-order valence-corrected chi connectivity index (χ3v) is 5.96. The van der Waals surface area contributed by atoms with Crippen LogP contribution in [-0.4, -0.2) is 25.9 Å². The van der Waals surface area contributed by atoms with E-state index in [2.05, 4.69) is 16.3 Å². The lowest BCUT2D eigenvalue weighted by Gasteiger charge is -2.25. The molecule has 1 aromatic rings. The molecule has 0 radical (unpaired) electrons. The fourth-order valence-corrected chi connectivity index (χ4v) is 4.39. The van der Waals surface area contributed by atoms with E-state index in [4.69, 9.17) is 5.73 Å². The average Bonchev–Trinajstić information content (AvgIpc) is 3.33. The topological polar surface area (TPSA) is 97.6 Å². The van der Waals surface area contributed by atoms with E-state index in [0.29, 0.717) is 18.4 Å². The number of hydrogen-bond acceptors (Lipinski definition) is 5. The second kappa shape index (κ2) is 7.35. The van der Waals surface area contributed by atoms with Crippen LogP contribution in [0, 0.1) is 17.2 Å². The molecule has 1 aromatic heterocycles. The van der Waals surface area contributed by atoms with E-state index in [9.17, 15) is 10.1 Å². The first-order valence-corrected chi connectivity index (χ1v) is 9.34. The van der Waals surface area contributed by atoms with Crippen LogP contribution in [0.25, 0.3) is 0 Å². The Morgan fingerprint density at radius 3 is 2.65 bits per heavy atom. The number of nitrogens with zero attached hydrogens (tertiary/aromatic N) is 4. The number of nitriles is 1. The van der Waals surface area contributed by atoms with Crippen molar-refractivity contribution in [1.29, 1.82) is 5.26 Å². The lowest BCUT2D eigenvalue weighted by Crippen LogP contribution is -2.20. The van der Waals surface area contributed by atoms with Gasteiger partial charge in [0.15, 0.2) is 5.16 Å². The molecule has 3 rings (SSSR count). The van der Waals surface area contributed by atoms with Gasteiger partial charge in [-0.05, 0) is 31.6 Å². The Hall–Kier alpha value is -1.55. The maximum absolute atomic E-state index is 11.1. The maximum Gasteiger partial charge on any atom is 0.219 e. The molecular formula is C16H23N5OS. The Morgan fingerprint density at radius 2 is 2.04 bits per heavy atom. The molecular weight excluding hydrogens is 310 g/mol. The van der Waals surface area contributed by atoms with Crippen molar-refractivity contribution in [3.63, 3.8) is 0 Å². The van der Waals surface area contributed by atoms with E-state index < -0.39 is 0 Å². The summed E-state index contributed by atoms with van der Waals surface area (Å²) in [5.41, 5.74) is 5.29. The average molecular weight is 333 g/mol. The van der Waals surface area contributed by atoms with Gasteiger partial charge in [0, 0.05) is 18.9 Å². The summed E-state index contributed by atoms with van der Waals surface area (Å²) in [5, 5.41) is 18.9. The van der Waals surface area contributed by atoms with Crippen LogP contribution in [0.1, 0.15) is 63.1 Å². The second-order valence-electron chi connectivity index (χ2n) is 6.55. The summed E-state index contributed by atoms with van der Waals surface area (Å²) < 4.78 is 2.01. The highest BCUT2D eigenvalue weighted by atomic mass is 32.2. The van der Waals surface area contributed by atoms with Gasteiger partial charge in [-0.25, -0.2) is 0 Å². The van der Waals surface area contributed by atoms with Crippen molar-refractivity contribution in [3.8, 4) is 6.07 Å². The van der Waals surface area contributed by atoms with Crippen molar-refractivity contribution in [3.05, 3.63) is 5.82 Å². The second-order valence-corrected chi connectivity index (χ2v) is 7.66. The van der Waals surface area contributed by atoms with Crippen LogP contribution in [-0.2, 0) is 11.3 Å². The van der Waals surface area contributed by atoms with Gasteiger partial charge < -0.3 is 10.3 Å². The van der Waals surface area contributed by atoms with Gasteiger partial charge in [-0.2, -0.15) is 5.26 Å². The minimum absolute atomic E-state index is 0.0844. The minimum Gasteiger partial charge on any atom is -0.370 e. The fraction of sp³-hybridized carbons (Fsp3) is 0.750. The van der Waals surface area contributed by atoms with Crippen LogP contribution in [0.5, 0.6) is 0 Å². The number of carbonyl (C=O) groups excluding carboxylic acids is 1. The minimum atomic E-state index is -0.319. The first kappa shape index (κ1) is 16.3. The molecule has 7 heteroatoms. The first-order valence-electron chi connectivity index (χ1n) is 8.46. The third-order valence-electron chi connectivity index (χ3n) is 4.71. The van der Waals surface area contributed by atoms with Gasteiger partial charge in [0.1, 0.15) is 11.1 Å². The van der Waals surface area contributed by atoms with E-state index in [1.54, 1.807) is 0 Å². The summed E-state index contributed by atoms with van der Waals surface area (Å²) >= 11 is 1.52. The Labute approximate surface area is 140 Å². The van der Waals surface area contributed by atoms with Gasteiger partial charge in [0.25, 0.3) is 0 Å². The zero-order valence-electron chi connectivity index (χ0n) is 13.3. The predicted molar refractivity (Wildman–Crippen MR) is 87.6 cm³/mol. The molecule has 0 aromatic carbocycles. The maximum atomic E-state index is 11.1. The van der Waals surface area contributed by atoms with E-state index in [0.717, 1.165) is 36.7 Å². The Bertz CT molecular complexity index is 598. The largest absolute Gasteiger partial charge is 0.370 e. The van der Waals surface area contributed by atoms with Gasteiger partial charge in [0.2, 0.25) is 5.91 Å². The summed E-state index contributed by atoms with van der Waals surface area (Å²) in [6, 6.07) is 2.46. The van der Waals surface area contributed by atoms with E-state index >= 15 is 0 Å². The number of hydrogen-bond donors (Lipinski definition) is 1. The SMILES string of the molecule is N#C[C@@H](Sc1nnc(C2CC2)n1CCC(N)=O)C1CCCCC1. The highest BCUT2D eigenvalue weighted by Gasteiger charge is 2.32. The lowest BCUT2D eigenvalue weighted by atomic mass is 9.87. The number of rotatable bonds is 7. The number of aromatic nitrogens is 3. The van der Waals surface area contributed by atoms with E-state index in [-0.39, 0.29) is 17.6 Å². The van der Waals surface area contributed by atoms with Crippen LogP contribution in [0.15, 0.2) is 5.16 Å². The highest BCUT2D eigenvalue weighted by Crippen LogP contribution is 2.41. The van der Waals surface area contributed by atoms with E-state index in [1.807, 2.05) is 4.57 Å². The van der Waals surface area contributed by atoms with Crippen molar-refractivity contribution < 1.29 is 4.79 Å². The molecule has 0 spiro atoms. The molecule has 0 aliphatic heterocycles. The van der Waals surface area contributed by atoms with Crippen LogP contribution < -0.4 is 5.73 Å². The van der Waals surface area contributed by atoms with Gasteiger partial charge in [-0.1, -0.05) is 31.0 Å². The highest BCUT2D eigenvalue weighted by molar-refractivity contribution is 8.00. The molecule has 1 amide bonds. The molecule has 1 heterocycles. The van der Waals surface area contributed by atoms with Gasteiger partial charge >= 0.3 is 0 Å². The summed E-state index contributed by atoms with van der Waals surface area (Å²) in [4.78, 5) is 11.1. The standard InChI is InChI=1S/C16H23N5OS/c17-10-13(11-4-2-1-3-5-11)23-16-20-19-15(12-6-7-12)21(16)9-8-14(18)22/h11-13H,1-9H2,(H2,18,22)/t13-/m1/s1. The van der Waals surface area contributed by atoms with Crippen LogP contribution in [0.2, 0.25) is 0 Å². The monoisotopic (exact) mass is 333 g/mol. The summed E-state index contributed by atoms with van der Waals surface area (Å²) in [5.74, 6) is 1.53. The quantitative estimate of drug-likeness (QED) is 0.773. The molecule has 2 N–H and O–H groups in total. The Kier molecular flexibility index (Phi) is 5.21. The summed E-state index contributed by atoms with van der Waals surface area (Å²) in [6.45, 7) is 0.513. The van der Waals surface area contributed by atoms with Crippen molar-refractivity contribution in [1.82, 2.24) is 14.8 Å². The molecule has 0 unspecified atom stereocenters. The normalized spacial score (nSPS) is 20.1. The van der Waals surface area contributed by atoms with E-state index in [1.165, 1.54) is 31.0 Å². The van der Waals surface area contributed by atoms with Crippen molar-refractivity contribution in [2.24, 2.45) is 11.7 Å². The number of thioether (sulfide) groups is 1. The van der Waals surface area contributed by atoms with Crippen LogP contribution in [0.4, 0.5) is 0 Å². The van der Waals surface area contributed by atoms with Gasteiger partial charge in [-0.3, -0.25) is 4.79 Å². The molecule has 1 atom stereocenters. The van der Waals surface area contributed by atoms with Crippen LogP contribution in [0.3, 0.4) is 0 Å². The third kappa shape index (κ3) is 4.05. The number of carbonyl (C=O) groups is 1. The summed E-state index contributed by atoms with van der Waals surface area (Å²) in [6.07, 6.45) is 8.49. The van der Waals surface area contributed by atoms with Crippen molar-refractivity contribution >= 4 is 17.7 Å². The molecule has 2 aliphatic rings. The smallest absolute Gasteiger partial charge is 0.219 e. The molecule has 6 nitrogen and oxygen atoms in total. The van der Waals surface area contributed by atoms with Gasteiger partial charge in [-0.15, -0.1) is 10.2 Å². The van der Waals surface area contributed by atoms with Crippen molar-refractivity contribution in [2.45, 2.75) is 74.2 Å². The lowest BCUT2D eigenvalue weighted by molar-refractivity contribution is -0.118. The number of nitrogens with two attached hydrogens (primary N) is 1. The molecule has 2 fully saturated rings. The number of primary amides is 1. The van der Waals surface area contributed by atoms with Gasteiger partial charge in [0.05, 0.1) is 6.07 Å². The molecule has 2 saturated carbocycles. The molecule has 124 valence electrons. The zero-order chi connectivity index (χ0) is 16.2. The fourth-order valence-electron chi connectivity index (χ4n) is 3.24. The Morgan fingerprint density at radius 1 is 1.30 bits per heavy atom. The zero-order valence-corrected chi connectivity index (χ0v) is 14.1. The predicted octanol–water partition coefficient (Wildman–Crippen LogP) is 2.60. The molecule has 0 saturated heterocycles. The van der Waals surface area contributed by atoms with Crippen LogP contribution >= 0.6 is 11.8 Å². The first-order chi connectivity index (χ1) is 11.2. The molecule has 2 aliphatic carbocycles.